The monoisotopic (exact) mass is 257 g/mol. The molecule has 2 atom stereocenters. The number of nitrogens with two attached hydrogens (primary N) is 1. The minimum Gasteiger partial charge on any atom is -0.391 e. The number of rotatable bonds is 3. The van der Waals surface area contributed by atoms with E-state index in [1.54, 1.807) is 4.90 Å². The first-order chi connectivity index (χ1) is 8.57. The summed E-state index contributed by atoms with van der Waals surface area (Å²) in [5, 5.41) is 9.51. The number of nitrogens with one attached hydrogen (secondary N) is 1. The molecule has 104 valence electrons. The summed E-state index contributed by atoms with van der Waals surface area (Å²) in [6.45, 7) is 4.45. The van der Waals surface area contributed by atoms with E-state index < -0.39 is 12.1 Å². The van der Waals surface area contributed by atoms with Gasteiger partial charge in [0.2, 0.25) is 5.91 Å². The summed E-state index contributed by atoms with van der Waals surface area (Å²) in [6.07, 6.45) is 1.91. The maximum Gasteiger partial charge on any atom is 0.241 e. The van der Waals surface area contributed by atoms with E-state index in [9.17, 15) is 9.90 Å². The number of likely N-dealkylation sites (tertiary alicyclic amines) is 1. The molecule has 0 aliphatic carbocycles. The van der Waals surface area contributed by atoms with E-state index in [1.807, 2.05) is 0 Å². The molecule has 1 amide bonds. The zero-order valence-electron chi connectivity index (χ0n) is 10.9. The number of nitrogens with zero attached hydrogens (tertiary/aromatic N) is 1. The zero-order valence-corrected chi connectivity index (χ0v) is 10.9. The predicted octanol–water partition coefficient (Wildman–Crippen LogP) is -0.772. The molecule has 0 spiro atoms. The van der Waals surface area contributed by atoms with Crippen LogP contribution in [0.25, 0.3) is 0 Å². The standard InChI is InChI=1S/C12H23N3O3/c1-12(3-6-18-7-4-12)10(14-13)11(17)15-5-2-9(16)8-15/h9-10,14,16H,2-8,13H2,1H3. The fourth-order valence-corrected chi connectivity index (χ4v) is 2.82. The van der Waals surface area contributed by atoms with Gasteiger partial charge in [0.05, 0.1) is 6.10 Å². The van der Waals surface area contributed by atoms with Crippen molar-refractivity contribution >= 4 is 5.91 Å². The van der Waals surface area contributed by atoms with Crippen LogP contribution in [0, 0.1) is 5.41 Å². The average Bonchev–Trinajstić information content (AvgIpc) is 2.77. The number of hydrogen-bond acceptors (Lipinski definition) is 5. The summed E-state index contributed by atoms with van der Waals surface area (Å²) in [6, 6.07) is -0.397. The molecule has 0 saturated carbocycles. The van der Waals surface area contributed by atoms with Crippen LogP contribution in [0.2, 0.25) is 0 Å². The second kappa shape index (κ2) is 5.52. The molecule has 2 heterocycles. The highest BCUT2D eigenvalue weighted by atomic mass is 16.5. The lowest BCUT2D eigenvalue weighted by Crippen LogP contribution is -2.58. The van der Waals surface area contributed by atoms with Crippen molar-refractivity contribution in [3.05, 3.63) is 0 Å². The highest BCUT2D eigenvalue weighted by Gasteiger charge is 2.42. The van der Waals surface area contributed by atoms with Gasteiger partial charge >= 0.3 is 0 Å². The van der Waals surface area contributed by atoms with Crippen LogP contribution in [0.5, 0.6) is 0 Å². The van der Waals surface area contributed by atoms with Crippen molar-refractivity contribution in [1.82, 2.24) is 10.3 Å². The average molecular weight is 257 g/mol. The van der Waals surface area contributed by atoms with Crippen LogP contribution in [-0.2, 0) is 9.53 Å². The smallest absolute Gasteiger partial charge is 0.241 e. The van der Waals surface area contributed by atoms with Crippen molar-refractivity contribution < 1.29 is 14.6 Å². The van der Waals surface area contributed by atoms with E-state index in [0.29, 0.717) is 32.7 Å². The molecule has 6 nitrogen and oxygen atoms in total. The topological polar surface area (TPSA) is 87.8 Å². The Morgan fingerprint density at radius 2 is 2.22 bits per heavy atom. The number of ether oxygens (including phenoxy) is 1. The number of aliphatic hydroxyl groups excluding tert-OH is 1. The Morgan fingerprint density at radius 1 is 1.56 bits per heavy atom. The Kier molecular flexibility index (Phi) is 4.21. The van der Waals surface area contributed by atoms with Gasteiger partial charge in [-0.25, -0.2) is 5.43 Å². The number of carbonyl (C=O) groups excluding carboxylic acids is 1. The fraction of sp³-hybridized carbons (Fsp3) is 0.917. The highest BCUT2D eigenvalue weighted by Crippen LogP contribution is 2.34. The van der Waals surface area contributed by atoms with Crippen molar-refractivity contribution in [2.24, 2.45) is 11.3 Å². The van der Waals surface area contributed by atoms with Crippen LogP contribution >= 0.6 is 0 Å². The molecule has 0 aromatic heterocycles. The molecule has 0 radical (unpaired) electrons. The van der Waals surface area contributed by atoms with Gasteiger partial charge in [-0.05, 0) is 24.7 Å². The number of hydrazine groups is 1. The van der Waals surface area contributed by atoms with Gasteiger partial charge in [-0.1, -0.05) is 6.92 Å². The third kappa shape index (κ3) is 2.66. The second-order valence-corrected chi connectivity index (χ2v) is 5.59. The van der Waals surface area contributed by atoms with Crippen LogP contribution in [0.15, 0.2) is 0 Å². The molecule has 6 heteroatoms. The Balaban J connectivity index is 2.05. The molecule has 0 aromatic rings. The van der Waals surface area contributed by atoms with Crippen molar-refractivity contribution in [3.63, 3.8) is 0 Å². The Labute approximate surface area is 107 Å². The first kappa shape index (κ1) is 13.7. The lowest BCUT2D eigenvalue weighted by atomic mass is 9.75. The van der Waals surface area contributed by atoms with Crippen LogP contribution in [-0.4, -0.2) is 54.4 Å². The summed E-state index contributed by atoms with van der Waals surface area (Å²) >= 11 is 0. The number of hydrogen-bond donors (Lipinski definition) is 3. The van der Waals surface area contributed by atoms with Gasteiger partial charge in [0.1, 0.15) is 6.04 Å². The first-order valence-electron chi connectivity index (χ1n) is 6.57. The van der Waals surface area contributed by atoms with Crippen molar-refractivity contribution in [2.45, 2.75) is 38.3 Å². The largest absolute Gasteiger partial charge is 0.391 e. The molecular weight excluding hydrogens is 234 g/mol. The number of aliphatic hydroxyl groups is 1. The van der Waals surface area contributed by atoms with Crippen molar-refractivity contribution in [3.8, 4) is 0 Å². The van der Waals surface area contributed by atoms with E-state index >= 15 is 0 Å². The van der Waals surface area contributed by atoms with Gasteiger partial charge in [0, 0.05) is 26.3 Å². The van der Waals surface area contributed by atoms with Gasteiger partial charge in [0.15, 0.2) is 0 Å². The van der Waals surface area contributed by atoms with Gasteiger partial charge in [0.25, 0.3) is 0 Å². The summed E-state index contributed by atoms with van der Waals surface area (Å²) < 4.78 is 5.35. The van der Waals surface area contributed by atoms with E-state index in [-0.39, 0.29) is 11.3 Å². The maximum absolute atomic E-state index is 12.5. The Bertz CT molecular complexity index is 305. The molecule has 2 fully saturated rings. The summed E-state index contributed by atoms with van der Waals surface area (Å²) in [5.74, 6) is 5.59. The van der Waals surface area contributed by atoms with E-state index in [0.717, 1.165) is 12.8 Å². The minimum absolute atomic E-state index is 0.00144. The molecule has 2 saturated heterocycles. The lowest BCUT2D eigenvalue weighted by Gasteiger charge is -2.40. The highest BCUT2D eigenvalue weighted by molar-refractivity contribution is 5.83. The molecule has 2 aliphatic heterocycles. The normalized spacial score (nSPS) is 29.3. The molecule has 2 unspecified atom stereocenters. The molecular formula is C12H23N3O3. The maximum atomic E-state index is 12.5. The van der Waals surface area contributed by atoms with Gasteiger partial charge in [-0.2, -0.15) is 0 Å². The van der Waals surface area contributed by atoms with Gasteiger partial charge < -0.3 is 14.7 Å². The van der Waals surface area contributed by atoms with Gasteiger partial charge in [-0.15, -0.1) is 0 Å². The quantitative estimate of drug-likeness (QED) is 0.456. The molecule has 2 aliphatic rings. The van der Waals surface area contributed by atoms with E-state index in [4.69, 9.17) is 10.6 Å². The number of carbonyl (C=O) groups is 1. The zero-order chi connectivity index (χ0) is 13.2. The summed E-state index contributed by atoms with van der Waals surface area (Å²) in [7, 11) is 0. The van der Waals surface area contributed by atoms with Crippen LogP contribution in [0.4, 0.5) is 0 Å². The number of β-amino-alcohol motifs (C(OH)–C–C–N with tert-alkyl or cyclic N) is 1. The summed E-state index contributed by atoms with van der Waals surface area (Å²) in [4.78, 5) is 14.2. The Hall–Kier alpha value is -0.690. The molecule has 4 N–H and O–H groups in total. The van der Waals surface area contributed by atoms with Crippen molar-refractivity contribution in [2.75, 3.05) is 26.3 Å². The Morgan fingerprint density at radius 3 is 2.72 bits per heavy atom. The van der Waals surface area contributed by atoms with E-state index in [1.165, 1.54) is 0 Å². The minimum atomic E-state index is -0.397. The summed E-state index contributed by atoms with van der Waals surface area (Å²) in [5.41, 5.74) is 2.51. The molecule has 2 rings (SSSR count). The first-order valence-corrected chi connectivity index (χ1v) is 6.57. The van der Waals surface area contributed by atoms with Crippen molar-refractivity contribution in [1.29, 1.82) is 0 Å². The SMILES string of the molecule is CC1(C(NN)C(=O)N2CCC(O)C2)CCOCC1. The molecule has 0 aromatic carbocycles. The fourth-order valence-electron chi connectivity index (χ4n) is 2.82. The second-order valence-electron chi connectivity index (χ2n) is 5.59. The van der Waals surface area contributed by atoms with E-state index in [2.05, 4.69) is 12.3 Å². The van der Waals surface area contributed by atoms with Crippen LogP contribution in [0.1, 0.15) is 26.2 Å². The van der Waals surface area contributed by atoms with Crippen LogP contribution < -0.4 is 11.3 Å². The predicted molar refractivity (Wildman–Crippen MR) is 66.5 cm³/mol. The third-order valence-electron chi connectivity index (χ3n) is 4.22. The van der Waals surface area contributed by atoms with Gasteiger partial charge in [-0.3, -0.25) is 10.6 Å². The molecule has 0 bridgehead atoms. The lowest BCUT2D eigenvalue weighted by molar-refractivity contribution is -0.138. The molecule has 18 heavy (non-hydrogen) atoms. The van der Waals surface area contributed by atoms with Crippen LogP contribution in [0.3, 0.4) is 0 Å². The number of amides is 1. The third-order valence-corrected chi connectivity index (χ3v) is 4.22.